The van der Waals surface area contributed by atoms with E-state index in [0.29, 0.717) is 17.6 Å². The van der Waals surface area contributed by atoms with Crippen LogP contribution in [-0.4, -0.2) is 36.2 Å². The zero-order chi connectivity index (χ0) is 15.7. The Hall–Kier alpha value is -1.81. The van der Waals surface area contributed by atoms with E-state index in [2.05, 4.69) is 17.1 Å². The molecule has 1 unspecified atom stereocenters. The fourth-order valence-corrected chi connectivity index (χ4v) is 3.82. The highest BCUT2D eigenvalue weighted by Crippen LogP contribution is 2.39. The number of rotatable bonds is 4. The zero-order valence-corrected chi connectivity index (χ0v) is 13.2. The van der Waals surface area contributed by atoms with Crippen LogP contribution in [0.2, 0.25) is 0 Å². The molecule has 118 valence electrons. The highest BCUT2D eigenvalue weighted by Gasteiger charge is 2.40. The number of methoxy groups -OCH3 is 1. The number of carboxylic acid groups (broad SMARTS) is 1. The summed E-state index contributed by atoms with van der Waals surface area (Å²) in [7, 11) is 1.60. The second-order valence-corrected chi connectivity index (χ2v) is 6.40. The molecule has 1 aromatic rings. The molecule has 4 heteroatoms. The van der Waals surface area contributed by atoms with Crippen molar-refractivity contribution in [3.8, 4) is 5.75 Å². The van der Waals surface area contributed by atoms with Crippen molar-refractivity contribution in [2.45, 2.75) is 25.8 Å². The normalized spacial score (nSPS) is 25.7. The molecule has 0 saturated carbocycles. The maximum absolute atomic E-state index is 12.0. The molecule has 0 spiro atoms. The number of aryl methyl sites for hydroxylation is 1. The van der Waals surface area contributed by atoms with Crippen LogP contribution >= 0.6 is 0 Å². The summed E-state index contributed by atoms with van der Waals surface area (Å²) in [5.74, 6) is 1.03. The number of hydrogen-bond donors (Lipinski definition) is 1. The van der Waals surface area contributed by atoms with Gasteiger partial charge >= 0.3 is 5.97 Å². The summed E-state index contributed by atoms with van der Waals surface area (Å²) in [6.07, 6.45) is 6.60. The first kappa shape index (κ1) is 15.1. The van der Waals surface area contributed by atoms with Gasteiger partial charge in [0.2, 0.25) is 0 Å². The third-order valence-corrected chi connectivity index (χ3v) is 4.93. The van der Waals surface area contributed by atoms with Gasteiger partial charge in [-0.05, 0) is 37.7 Å². The molecule has 2 aliphatic rings. The van der Waals surface area contributed by atoms with Crippen molar-refractivity contribution < 1.29 is 14.6 Å². The lowest BCUT2D eigenvalue weighted by Crippen LogP contribution is -2.33. The molecule has 1 aliphatic carbocycles. The maximum atomic E-state index is 12.0. The predicted molar refractivity (Wildman–Crippen MR) is 85.0 cm³/mol. The quantitative estimate of drug-likeness (QED) is 0.869. The number of allylic oxidation sites excluding steroid dienone is 2. The Morgan fingerprint density at radius 1 is 1.27 bits per heavy atom. The number of fused-ring (bicyclic) bond motifs is 1. The summed E-state index contributed by atoms with van der Waals surface area (Å²) in [6, 6.07) is 5.14. The number of nitrogens with zero attached hydrogens (tertiary/aromatic N) is 1. The van der Waals surface area contributed by atoms with E-state index in [-0.39, 0.29) is 0 Å². The number of likely N-dealkylation sites (tertiary alicyclic amines) is 1. The Labute approximate surface area is 131 Å². The number of carbonyl (C=O) groups is 1. The summed E-state index contributed by atoms with van der Waals surface area (Å²) in [5.41, 5.74) is 1.82. The van der Waals surface area contributed by atoms with Gasteiger partial charge in [0, 0.05) is 18.7 Å². The lowest BCUT2D eigenvalue weighted by molar-refractivity contribution is -0.143. The lowest BCUT2D eigenvalue weighted by atomic mass is 9.86. The standard InChI is InChI=1S/C18H23NO3/c1-12-7-8-16(22-2)15(9-12)17(18(20)21)19-10-13-5-3-4-6-14(13)11-19/h3-4,7-9,13-14,17H,5-6,10-11H2,1-2H3,(H,20,21)/t13-,14+,17?. The highest BCUT2D eigenvalue weighted by atomic mass is 16.5. The minimum Gasteiger partial charge on any atom is -0.496 e. The van der Waals surface area contributed by atoms with Crippen LogP contribution < -0.4 is 4.74 Å². The molecule has 3 rings (SSSR count). The van der Waals surface area contributed by atoms with E-state index in [1.807, 2.05) is 25.1 Å². The molecule has 4 nitrogen and oxygen atoms in total. The predicted octanol–water partition coefficient (Wildman–Crippen LogP) is 3.03. The summed E-state index contributed by atoms with van der Waals surface area (Å²) in [5, 5.41) is 9.82. The molecule has 1 N–H and O–H groups in total. The van der Waals surface area contributed by atoms with E-state index in [4.69, 9.17) is 4.74 Å². The Kier molecular flexibility index (Phi) is 4.21. The second kappa shape index (κ2) is 6.13. The van der Waals surface area contributed by atoms with E-state index in [0.717, 1.165) is 37.1 Å². The van der Waals surface area contributed by atoms with Gasteiger partial charge in [0.05, 0.1) is 7.11 Å². The summed E-state index contributed by atoms with van der Waals surface area (Å²) in [6.45, 7) is 3.68. The van der Waals surface area contributed by atoms with Crippen LogP contribution in [0.4, 0.5) is 0 Å². The molecular formula is C18H23NO3. The van der Waals surface area contributed by atoms with Crippen LogP contribution in [0.25, 0.3) is 0 Å². The first-order valence-electron chi connectivity index (χ1n) is 7.86. The van der Waals surface area contributed by atoms with Gasteiger partial charge in [-0.2, -0.15) is 0 Å². The van der Waals surface area contributed by atoms with Gasteiger partial charge in [-0.15, -0.1) is 0 Å². The summed E-state index contributed by atoms with van der Waals surface area (Å²) >= 11 is 0. The lowest BCUT2D eigenvalue weighted by Gasteiger charge is -2.26. The average molecular weight is 301 g/mol. The van der Waals surface area contributed by atoms with Crippen LogP contribution in [0.15, 0.2) is 30.4 Å². The molecular weight excluding hydrogens is 278 g/mol. The minimum absolute atomic E-state index is 0.586. The number of hydrogen-bond acceptors (Lipinski definition) is 3. The van der Waals surface area contributed by atoms with Crippen molar-refractivity contribution in [3.63, 3.8) is 0 Å². The average Bonchev–Trinajstić information content (AvgIpc) is 2.90. The van der Waals surface area contributed by atoms with Crippen molar-refractivity contribution in [1.29, 1.82) is 0 Å². The van der Waals surface area contributed by atoms with Gasteiger partial charge in [0.1, 0.15) is 11.8 Å². The molecule has 0 amide bonds. The smallest absolute Gasteiger partial charge is 0.325 e. The van der Waals surface area contributed by atoms with E-state index in [1.165, 1.54) is 0 Å². The molecule has 0 radical (unpaired) electrons. The number of ether oxygens (including phenoxy) is 1. The summed E-state index contributed by atoms with van der Waals surface area (Å²) < 4.78 is 5.41. The largest absolute Gasteiger partial charge is 0.496 e. The van der Waals surface area contributed by atoms with Crippen LogP contribution in [-0.2, 0) is 4.79 Å². The van der Waals surface area contributed by atoms with Gasteiger partial charge in [-0.25, -0.2) is 0 Å². The van der Waals surface area contributed by atoms with Crippen LogP contribution in [0.3, 0.4) is 0 Å². The fourth-order valence-electron chi connectivity index (χ4n) is 3.82. The van der Waals surface area contributed by atoms with Crippen molar-refractivity contribution in [3.05, 3.63) is 41.5 Å². The number of carboxylic acids is 1. The molecule has 1 heterocycles. The highest BCUT2D eigenvalue weighted by molar-refractivity contribution is 5.77. The molecule has 1 aromatic carbocycles. The third kappa shape index (κ3) is 2.75. The van der Waals surface area contributed by atoms with Crippen LogP contribution in [0.5, 0.6) is 5.75 Å². The van der Waals surface area contributed by atoms with E-state index in [9.17, 15) is 9.90 Å². The van der Waals surface area contributed by atoms with Crippen molar-refractivity contribution in [2.75, 3.05) is 20.2 Å². The van der Waals surface area contributed by atoms with Crippen molar-refractivity contribution >= 4 is 5.97 Å². The van der Waals surface area contributed by atoms with E-state index >= 15 is 0 Å². The van der Waals surface area contributed by atoms with Crippen LogP contribution in [0.1, 0.15) is 30.0 Å². The monoisotopic (exact) mass is 301 g/mol. The second-order valence-electron chi connectivity index (χ2n) is 6.40. The number of benzene rings is 1. The molecule has 3 atom stereocenters. The summed E-state index contributed by atoms with van der Waals surface area (Å²) in [4.78, 5) is 14.1. The van der Waals surface area contributed by atoms with Gasteiger partial charge in [-0.3, -0.25) is 9.69 Å². The first-order chi connectivity index (χ1) is 10.6. The van der Waals surface area contributed by atoms with Gasteiger partial charge in [0.15, 0.2) is 0 Å². The Bertz CT molecular complexity index is 580. The maximum Gasteiger partial charge on any atom is 0.325 e. The Balaban J connectivity index is 1.91. The van der Waals surface area contributed by atoms with Crippen molar-refractivity contribution in [2.24, 2.45) is 11.8 Å². The molecule has 1 fully saturated rings. The molecule has 0 aromatic heterocycles. The minimum atomic E-state index is -0.796. The van der Waals surface area contributed by atoms with Crippen LogP contribution in [0, 0.1) is 18.8 Å². The molecule has 22 heavy (non-hydrogen) atoms. The van der Waals surface area contributed by atoms with Crippen molar-refractivity contribution in [1.82, 2.24) is 4.90 Å². The topological polar surface area (TPSA) is 49.8 Å². The molecule has 1 saturated heterocycles. The third-order valence-electron chi connectivity index (χ3n) is 4.93. The SMILES string of the molecule is COc1ccc(C)cc1C(C(=O)O)N1C[C@H]2CC=CC[C@H]2C1. The molecule has 1 aliphatic heterocycles. The van der Waals surface area contributed by atoms with Gasteiger partial charge in [0.25, 0.3) is 0 Å². The van der Waals surface area contributed by atoms with Gasteiger partial charge in [-0.1, -0.05) is 29.8 Å². The number of aliphatic carboxylic acids is 1. The van der Waals surface area contributed by atoms with E-state index in [1.54, 1.807) is 7.11 Å². The first-order valence-corrected chi connectivity index (χ1v) is 7.86. The fraction of sp³-hybridized carbons (Fsp3) is 0.500. The van der Waals surface area contributed by atoms with E-state index < -0.39 is 12.0 Å². The Morgan fingerprint density at radius 3 is 2.45 bits per heavy atom. The molecule has 0 bridgehead atoms. The van der Waals surface area contributed by atoms with Gasteiger partial charge < -0.3 is 9.84 Å². The zero-order valence-electron chi connectivity index (χ0n) is 13.2. The Morgan fingerprint density at radius 2 is 1.91 bits per heavy atom.